The van der Waals surface area contributed by atoms with Crippen molar-refractivity contribution in [2.24, 2.45) is 11.7 Å². The minimum atomic E-state index is -1.08. The number of carbonyl (C=O) groups excluding carboxylic acids is 2. The van der Waals surface area contributed by atoms with E-state index < -0.39 is 17.8 Å². The van der Waals surface area contributed by atoms with Crippen LogP contribution in [0.5, 0.6) is 23.0 Å². The lowest BCUT2D eigenvalue weighted by atomic mass is 9.98. The van der Waals surface area contributed by atoms with E-state index in [1.165, 1.54) is 12.1 Å². The Morgan fingerprint density at radius 2 is 1.92 bits per heavy atom. The number of amides is 3. The number of aromatic nitrogens is 1. The van der Waals surface area contributed by atoms with Gasteiger partial charge in [0.25, 0.3) is 0 Å². The van der Waals surface area contributed by atoms with E-state index in [-0.39, 0.29) is 18.0 Å². The van der Waals surface area contributed by atoms with Crippen molar-refractivity contribution in [1.29, 1.82) is 0 Å². The highest BCUT2D eigenvalue weighted by atomic mass is 19.1. The molecule has 3 aromatic rings. The molecule has 11 heteroatoms. The molecule has 4 rings (SSSR count). The smallest absolute Gasteiger partial charge is 0.326 e. The molecule has 0 bridgehead atoms. The van der Waals surface area contributed by atoms with Crippen molar-refractivity contribution in [3.05, 3.63) is 48.4 Å². The number of likely N-dealkylation sites (tertiary alicyclic amines) is 1. The molecule has 39 heavy (non-hydrogen) atoms. The summed E-state index contributed by atoms with van der Waals surface area (Å²) >= 11 is 0. The molecule has 0 aliphatic carbocycles. The fourth-order valence-corrected chi connectivity index (χ4v) is 4.66. The highest BCUT2D eigenvalue weighted by Crippen LogP contribution is 2.37. The molecule has 3 amide bonds. The molecule has 208 valence electrons. The standard InChI is InChI=1S/C28H33FN4O6/c1-18(35)33(28(30)36)24-5-4-20(14-22(24)29)39-25-6-9-31-23-16-27(26(37-2)15-21(23)25)38-13-3-10-32-11-7-19(17-34)8-12-32/h4-6,9,14-16,19,34H,3,7-8,10-13,17H2,1-2H3,(H2,30,36). The van der Waals surface area contributed by atoms with Gasteiger partial charge in [0, 0.05) is 43.8 Å². The molecule has 2 aromatic carbocycles. The van der Waals surface area contributed by atoms with E-state index in [1.807, 2.05) is 0 Å². The summed E-state index contributed by atoms with van der Waals surface area (Å²) in [5.74, 6) is 0.483. The van der Waals surface area contributed by atoms with Crippen LogP contribution in [0.3, 0.4) is 0 Å². The second kappa shape index (κ2) is 12.7. The van der Waals surface area contributed by atoms with Crippen LogP contribution in [0, 0.1) is 11.7 Å². The van der Waals surface area contributed by atoms with E-state index >= 15 is 0 Å². The van der Waals surface area contributed by atoms with Crippen LogP contribution in [0.25, 0.3) is 10.9 Å². The molecular weight excluding hydrogens is 507 g/mol. The SMILES string of the molecule is COc1cc2c(Oc3ccc(N(C(C)=O)C(N)=O)c(F)c3)ccnc2cc1OCCCN1CCC(CO)CC1. The van der Waals surface area contributed by atoms with Gasteiger partial charge < -0.3 is 30.0 Å². The zero-order valence-corrected chi connectivity index (χ0v) is 22.1. The number of fused-ring (bicyclic) bond motifs is 1. The van der Waals surface area contributed by atoms with Crippen molar-refractivity contribution in [1.82, 2.24) is 9.88 Å². The van der Waals surface area contributed by atoms with E-state index in [0.717, 1.165) is 51.9 Å². The molecule has 10 nitrogen and oxygen atoms in total. The van der Waals surface area contributed by atoms with Crippen LogP contribution >= 0.6 is 0 Å². The number of ether oxygens (including phenoxy) is 3. The fourth-order valence-electron chi connectivity index (χ4n) is 4.66. The Hall–Kier alpha value is -3.96. The third-order valence-corrected chi connectivity index (χ3v) is 6.75. The summed E-state index contributed by atoms with van der Waals surface area (Å²) in [7, 11) is 1.55. The molecule has 0 radical (unpaired) electrons. The largest absolute Gasteiger partial charge is 0.493 e. The minimum absolute atomic E-state index is 0.152. The van der Waals surface area contributed by atoms with Crippen molar-refractivity contribution < 1.29 is 33.3 Å². The van der Waals surface area contributed by atoms with Gasteiger partial charge in [-0.1, -0.05) is 0 Å². The Labute approximate surface area is 226 Å². The number of nitrogens with two attached hydrogens (primary N) is 1. The minimum Gasteiger partial charge on any atom is -0.493 e. The van der Waals surface area contributed by atoms with Crippen LogP contribution < -0.4 is 24.8 Å². The van der Waals surface area contributed by atoms with Gasteiger partial charge in [-0.05, 0) is 62.5 Å². The summed E-state index contributed by atoms with van der Waals surface area (Å²) in [6.07, 6.45) is 4.46. The quantitative estimate of drug-likeness (QED) is 0.368. The average Bonchev–Trinajstić information content (AvgIpc) is 2.92. The average molecular weight is 541 g/mol. The second-order valence-corrected chi connectivity index (χ2v) is 9.41. The van der Waals surface area contributed by atoms with Gasteiger partial charge in [-0.2, -0.15) is 0 Å². The van der Waals surface area contributed by atoms with Crippen LogP contribution in [0.1, 0.15) is 26.2 Å². The van der Waals surface area contributed by atoms with Crippen LogP contribution in [-0.2, 0) is 4.79 Å². The van der Waals surface area contributed by atoms with Crippen molar-refractivity contribution >= 4 is 28.5 Å². The molecule has 0 atom stereocenters. The number of pyridine rings is 1. The lowest BCUT2D eigenvalue weighted by Gasteiger charge is -2.30. The third-order valence-electron chi connectivity index (χ3n) is 6.75. The summed E-state index contributed by atoms with van der Waals surface area (Å²) in [5, 5.41) is 9.93. The number of piperidine rings is 1. The number of rotatable bonds is 10. The Morgan fingerprint density at radius 3 is 2.56 bits per heavy atom. The number of anilines is 1. The molecule has 3 N–H and O–H groups in total. The van der Waals surface area contributed by atoms with Gasteiger partial charge in [0.15, 0.2) is 17.3 Å². The number of halogens is 1. The number of aliphatic hydroxyl groups is 1. The van der Waals surface area contributed by atoms with E-state index in [1.54, 1.807) is 31.5 Å². The maximum Gasteiger partial charge on any atom is 0.326 e. The lowest BCUT2D eigenvalue weighted by molar-refractivity contribution is -0.115. The number of nitrogens with zero attached hydrogens (tertiary/aromatic N) is 3. The van der Waals surface area contributed by atoms with Gasteiger partial charge in [0.2, 0.25) is 5.91 Å². The number of hydrogen-bond acceptors (Lipinski definition) is 8. The number of urea groups is 1. The van der Waals surface area contributed by atoms with Crippen LogP contribution in [-0.4, -0.2) is 66.9 Å². The predicted octanol–water partition coefficient (Wildman–Crippen LogP) is 4.08. The number of methoxy groups -OCH3 is 1. The molecule has 1 aromatic heterocycles. The number of imide groups is 1. The van der Waals surface area contributed by atoms with E-state index in [9.17, 15) is 19.1 Å². The maximum absolute atomic E-state index is 14.8. The molecule has 0 saturated carbocycles. The summed E-state index contributed by atoms with van der Waals surface area (Å²) in [5.41, 5.74) is 5.55. The first kappa shape index (κ1) is 28.1. The van der Waals surface area contributed by atoms with Crippen LogP contribution in [0.15, 0.2) is 42.6 Å². The first-order valence-corrected chi connectivity index (χ1v) is 12.8. The molecule has 2 heterocycles. The Kier molecular flexibility index (Phi) is 9.15. The number of hydrogen-bond donors (Lipinski definition) is 2. The molecular formula is C28H33FN4O6. The van der Waals surface area contributed by atoms with Gasteiger partial charge in [0.1, 0.15) is 11.5 Å². The molecule has 0 unspecified atom stereocenters. The molecule has 1 fully saturated rings. The summed E-state index contributed by atoms with van der Waals surface area (Å²) < 4.78 is 32.3. The Balaban J connectivity index is 1.46. The van der Waals surface area contributed by atoms with Gasteiger partial charge in [-0.25, -0.2) is 14.1 Å². The molecule has 1 saturated heterocycles. The number of aliphatic hydroxyl groups excluding tert-OH is 1. The zero-order valence-electron chi connectivity index (χ0n) is 22.1. The van der Waals surface area contributed by atoms with Crippen molar-refractivity contribution in [2.75, 3.05) is 44.9 Å². The Morgan fingerprint density at radius 1 is 1.15 bits per heavy atom. The third kappa shape index (κ3) is 6.73. The first-order valence-electron chi connectivity index (χ1n) is 12.8. The number of primary amides is 1. The van der Waals surface area contributed by atoms with Crippen LogP contribution in [0.4, 0.5) is 14.9 Å². The second-order valence-electron chi connectivity index (χ2n) is 9.41. The highest BCUT2D eigenvalue weighted by Gasteiger charge is 2.22. The first-order chi connectivity index (χ1) is 18.8. The molecule has 0 spiro atoms. The normalized spacial score (nSPS) is 14.3. The topological polar surface area (TPSA) is 127 Å². The van der Waals surface area contributed by atoms with Crippen molar-refractivity contribution in [3.63, 3.8) is 0 Å². The molecule has 1 aliphatic rings. The van der Waals surface area contributed by atoms with E-state index in [4.69, 9.17) is 19.9 Å². The van der Waals surface area contributed by atoms with Crippen molar-refractivity contribution in [3.8, 4) is 23.0 Å². The summed E-state index contributed by atoms with van der Waals surface area (Å²) in [6, 6.07) is 7.84. The monoisotopic (exact) mass is 540 g/mol. The van der Waals surface area contributed by atoms with Crippen LogP contribution in [0.2, 0.25) is 0 Å². The molecule has 1 aliphatic heterocycles. The summed E-state index contributed by atoms with van der Waals surface area (Å²) in [6.45, 7) is 4.79. The number of carbonyl (C=O) groups is 2. The summed E-state index contributed by atoms with van der Waals surface area (Å²) in [4.78, 5) is 30.6. The highest BCUT2D eigenvalue weighted by molar-refractivity contribution is 6.12. The number of benzene rings is 2. The van der Waals surface area contributed by atoms with Gasteiger partial charge in [0.05, 0.1) is 24.9 Å². The zero-order chi connectivity index (χ0) is 27.9. The lowest BCUT2D eigenvalue weighted by Crippen LogP contribution is -2.39. The van der Waals surface area contributed by atoms with Gasteiger partial charge >= 0.3 is 6.03 Å². The predicted molar refractivity (Wildman–Crippen MR) is 144 cm³/mol. The Bertz CT molecular complexity index is 1310. The van der Waals surface area contributed by atoms with Gasteiger partial charge in [-0.15, -0.1) is 0 Å². The van der Waals surface area contributed by atoms with Gasteiger partial charge in [-0.3, -0.25) is 9.78 Å². The van der Waals surface area contributed by atoms with E-state index in [2.05, 4.69) is 9.88 Å². The maximum atomic E-state index is 14.8. The van der Waals surface area contributed by atoms with Crippen molar-refractivity contribution in [2.45, 2.75) is 26.2 Å². The fraction of sp³-hybridized carbons (Fsp3) is 0.393. The van der Waals surface area contributed by atoms with E-state index in [0.29, 0.717) is 45.6 Å².